The Morgan fingerprint density at radius 3 is 2.33 bits per heavy atom. The molecule has 4 aromatic rings. The highest BCUT2D eigenvalue weighted by Crippen LogP contribution is 2.25. The summed E-state index contributed by atoms with van der Waals surface area (Å²) in [6, 6.07) is 12.9. The summed E-state index contributed by atoms with van der Waals surface area (Å²) in [6.45, 7) is -1.40. The zero-order valence-electron chi connectivity index (χ0n) is 17.1. The highest BCUT2D eigenvalue weighted by Gasteiger charge is 2.27. The van der Waals surface area contributed by atoms with Gasteiger partial charge in [-0.3, -0.25) is 9.89 Å². The topological polar surface area (TPSA) is 101 Å². The molecule has 170 valence electrons. The van der Waals surface area contributed by atoms with E-state index >= 15 is 0 Å². The van der Waals surface area contributed by atoms with Gasteiger partial charge in [0.05, 0.1) is 11.8 Å². The third kappa shape index (κ3) is 5.17. The lowest BCUT2D eigenvalue weighted by Crippen LogP contribution is -2.33. The molecule has 0 aliphatic carbocycles. The number of carbonyl (C=O) groups excluding carboxylic acids is 1. The van der Waals surface area contributed by atoms with Gasteiger partial charge in [0, 0.05) is 23.9 Å². The minimum absolute atomic E-state index is 0.0893. The Balaban J connectivity index is 1.45. The first kappa shape index (κ1) is 22.0. The van der Waals surface area contributed by atoms with Crippen LogP contribution in [0.1, 0.15) is 10.4 Å². The SMILES string of the molecule is Cn1nc(-c2ccc(C(=O)NCC(F)(F)F)cc2)nc1Nc1ccc(-c2cn[nH]c2F)cc1. The van der Waals surface area contributed by atoms with Gasteiger partial charge < -0.3 is 10.6 Å². The number of nitrogens with one attached hydrogen (secondary N) is 3. The summed E-state index contributed by atoms with van der Waals surface area (Å²) in [7, 11) is 1.69. The molecule has 0 radical (unpaired) electrons. The molecule has 3 N–H and O–H groups in total. The van der Waals surface area contributed by atoms with Gasteiger partial charge in [0.15, 0.2) is 5.82 Å². The molecule has 2 aromatic carbocycles. The van der Waals surface area contributed by atoms with Crippen LogP contribution in [0.15, 0.2) is 54.7 Å². The lowest BCUT2D eigenvalue weighted by molar-refractivity contribution is -0.123. The number of H-pyrrole nitrogens is 1. The summed E-state index contributed by atoms with van der Waals surface area (Å²) in [5.74, 6) is -0.551. The molecule has 0 saturated carbocycles. The summed E-state index contributed by atoms with van der Waals surface area (Å²) in [5, 5.41) is 15.2. The quantitative estimate of drug-likeness (QED) is 0.378. The van der Waals surface area contributed by atoms with Gasteiger partial charge in [-0.05, 0) is 29.8 Å². The Labute approximate surface area is 184 Å². The third-order valence-corrected chi connectivity index (χ3v) is 4.66. The number of carbonyl (C=O) groups is 1. The molecular weight excluding hydrogens is 442 g/mol. The maximum absolute atomic E-state index is 13.6. The second-order valence-electron chi connectivity index (χ2n) is 7.06. The van der Waals surface area contributed by atoms with Crippen LogP contribution in [0.2, 0.25) is 0 Å². The van der Waals surface area contributed by atoms with E-state index in [4.69, 9.17) is 0 Å². The van der Waals surface area contributed by atoms with Crippen molar-refractivity contribution in [2.75, 3.05) is 11.9 Å². The number of halogens is 4. The number of anilines is 2. The number of hydrogen-bond acceptors (Lipinski definition) is 5. The second kappa shape index (κ2) is 8.73. The van der Waals surface area contributed by atoms with E-state index in [0.29, 0.717) is 34.2 Å². The number of hydrogen-bond donors (Lipinski definition) is 3. The van der Waals surface area contributed by atoms with Crippen LogP contribution in [0.5, 0.6) is 0 Å². The predicted molar refractivity (Wildman–Crippen MR) is 112 cm³/mol. The maximum Gasteiger partial charge on any atom is 0.405 e. The first-order valence-electron chi connectivity index (χ1n) is 9.62. The van der Waals surface area contributed by atoms with E-state index in [1.807, 2.05) is 5.32 Å². The number of nitrogens with zero attached hydrogens (tertiary/aromatic N) is 4. The average Bonchev–Trinajstić information content (AvgIpc) is 3.38. The van der Waals surface area contributed by atoms with Gasteiger partial charge in [0.25, 0.3) is 5.91 Å². The molecule has 0 aliphatic rings. The molecule has 0 saturated heterocycles. The molecule has 0 fully saturated rings. The minimum atomic E-state index is -4.48. The van der Waals surface area contributed by atoms with Gasteiger partial charge in [-0.15, -0.1) is 5.10 Å². The number of aromatic amines is 1. The predicted octanol–water partition coefficient (Wildman–Crippen LogP) is 4.05. The van der Waals surface area contributed by atoms with Crippen LogP contribution >= 0.6 is 0 Å². The Morgan fingerprint density at radius 1 is 1.06 bits per heavy atom. The van der Waals surface area contributed by atoms with Crippen molar-refractivity contribution in [1.29, 1.82) is 0 Å². The molecule has 4 rings (SSSR count). The maximum atomic E-state index is 13.6. The molecule has 8 nitrogen and oxygen atoms in total. The van der Waals surface area contributed by atoms with Crippen LogP contribution < -0.4 is 10.6 Å². The second-order valence-corrected chi connectivity index (χ2v) is 7.06. The van der Waals surface area contributed by atoms with E-state index in [1.54, 1.807) is 43.4 Å². The minimum Gasteiger partial charge on any atom is -0.343 e. The smallest absolute Gasteiger partial charge is 0.343 e. The standard InChI is InChI=1S/C21H17F4N7O/c1-32-20(28-15-8-6-12(7-9-15)16-10-27-30-17(16)22)29-18(31-32)13-2-4-14(5-3-13)19(33)26-11-21(23,24)25/h2-10H,11H2,1H3,(H,26,33)(H,27,30)(H,28,29,31). The van der Waals surface area contributed by atoms with Crippen molar-refractivity contribution in [2.45, 2.75) is 6.18 Å². The number of benzene rings is 2. The molecule has 12 heteroatoms. The van der Waals surface area contributed by atoms with Gasteiger partial charge in [-0.1, -0.05) is 24.3 Å². The van der Waals surface area contributed by atoms with Crippen LogP contribution in [0.3, 0.4) is 0 Å². The van der Waals surface area contributed by atoms with Crippen LogP contribution in [-0.4, -0.2) is 43.6 Å². The van der Waals surface area contributed by atoms with Crippen LogP contribution in [0.4, 0.5) is 29.2 Å². The summed E-state index contributed by atoms with van der Waals surface area (Å²) >= 11 is 0. The fourth-order valence-corrected chi connectivity index (χ4v) is 3.00. The van der Waals surface area contributed by atoms with Crippen molar-refractivity contribution < 1.29 is 22.4 Å². The average molecular weight is 459 g/mol. The lowest BCUT2D eigenvalue weighted by Gasteiger charge is -2.08. The molecule has 1 amide bonds. The summed E-state index contributed by atoms with van der Waals surface area (Å²) in [6.07, 6.45) is -3.08. The fourth-order valence-electron chi connectivity index (χ4n) is 3.00. The van der Waals surface area contributed by atoms with Crippen molar-refractivity contribution in [1.82, 2.24) is 30.3 Å². The number of aromatic nitrogens is 5. The summed E-state index contributed by atoms with van der Waals surface area (Å²) in [5.41, 5.74) is 2.38. The van der Waals surface area contributed by atoms with Crippen molar-refractivity contribution in [2.24, 2.45) is 7.05 Å². The molecule has 0 unspecified atom stereocenters. The van der Waals surface area contributed by atoms with Crippen LogP contribution in [-0.2, 0) is 7.05 Å². The van der Waals surface area contributed by atoms with E-state index in [2.05, 4.69) is 25.6 Å². The van der Waals surface area contributed by atoms with Crippen molar-refractivity contribution in [3.63, 3.8) is 0 Å². The molecule has 0 atom stereocenters. The van der Waals surface area contributed by atoms with Gasteiger partial charge in [-0.25, -0.2) is 4.68 Å². The van der Waals surface area contributed by atoms with E-state index in [-0.39, 0.29) is 5.56 Å². The Kier molecular flexibility index (Phi) is 5.82. The Morgan fingerprint density at radius 2 is 1.73 bits per heavy atom. The van der Waals surface area contributed by atoms with Gasteiger partial charge in [-0.2, -0.15) is 27.6 Å². The van der Waals surface area contributed by atoms with Gasteiger partial charge >= 0.3 is 6.18 Å². The fraction of sp³-hybridized carbons (Fsp3) is 0.143. The van der Waals surface area contributed by atoms with Gasteiger partial charge in [0.1, 0.15) is 6.54 Å². The number of aryl methyl sites for hydroxylation is 1. The first-order chi connectivity index (χ1) is 15.7. The number of rotatable bonds is 6. The highest BCUT2D eigenvalue weighted by molar-refractivity contribution is 5.94. The molecule has 0 spiro atoms. The van der Waals surface area contributed by atoms with E-state index in [1.165, 1.54) is 23.0 Å². The highest BCUT2D eigenvalue weighted by atomic mass is 19.4. The van der Waals surface area contributed by atoms with E-state index < -0.39 is 24.6 Å². The molecule has 2 heterocycles. The van der Waals surface area contributed by atoms with Crippen LogP contribution in [0, 0.1) is 5.95 Å². The van der Waals surface area contributed by atoms with Gasteiger partial charge in [0.2, 0.25) is 11.9 Å². The van der Waals surface area contributed by atoms with Crippen molar-refractivity contribution in [3.05, 3.63) is 66.2 Å². The summed E-state index contributed by atoms with van der Waals surface area (Å²) < 4.78 is 51.9. The monoisotopic (exact) mass is 459 g/mol. The van der Waals surface area contributed by atoms with E-state index in [9.17, 15) is 22.4 Å². The molecule has 33 heavy (non-hydrogen) atoms. The molecular formula is C21H17F4N7O. The number of amides is 1. The summed E-state index contributed by atoms with van der Waals surface area (Å²) in [4.78, 5) is 16.3. The number of alkyl halides is 3. The Bertz CT molecular complexity index is 1260. The lowest BCUT2D eigenvalue weighted by atomic mass is 10.1. The Hall–Kier alpha value is -4.22. The third-order valence-electron chi connectivity index (χ3n) is 4.66. The molecule has 0 bridgehead atoms. The molecule has 2 aromatic heterocycles. The zero-order valence-corrected chi connectivity index (χ0v) is 17.1. The normalized spacial score (nSPS) is 11.4. The van der Waals surface area contributed by atoms with Crippen molar-refractivity contribution in [3.8, 4) is 22.5 Å². The largest absolute Gasteiger partial charge is 0.405 e. The van der Waals surface area contributed by atoms with Crippen molar-refractivity contribution >= 4 is 17.5 Å². The van der Waals surface area contributed by atoms with Crippen LogP contribution in [0.25, 0.3) is 22.5 Å². The first-order valence-corrected chi connectivity index (χ1v) is 9.62. The van der Waals surface area contributed by atoms with E-state index in [0.717, 1.165) is 0 Å². The molecule has 0 aliphatic heterocycles. The zero-order chi connectivity index (χ0) is 23.6.